The minimum Gasteiger partial charge on any atom is -0.346 e. The Bertz CT molecular complexity index is 695. The molecule has 2 rings (SSSR count). The van der Waals surface area contributed by atoms with Crippen LogP contribution in [0.4, 0.5) is 0 Å². The van der Waals surface area contributed by atoms with Crippen LogP contribution in [0.15, 0.2) is 30.3 Å². The van der Waals surface area contributed by atoms with E-state index in [0.29, 0.717) is 26.2 Å². The van der Waals surface area contributed by atoms with Crippen molar-refractivity contribution in [2.75, 3.05) is 32.7 Å². The van der Waals surface area contributed by atoms with Crippen molar-refractivity contribution in [1.82, 2.24) is 15.1 Å². The van der Waals surface area contributed by atoms with E-state index in [2.05, 4.69) is 5.32 Å². The van der Waals surface area contributed by atoms with E-state index in [4.69, 9.17) is 5.73 Å². The van der Waals surface area contributed by atoms with Crippen molar-refractivity contribution >= 4 is 17.7 Å². The maximum Gasteiger partial charge on any atom is 0.242 e. The molecule has 0 unspecified atom stereocenters. The van der Waals surface area contributed by atoms with Crippen molar-refractivity contribution in [2.45, 2.75) is 39.2 Å². The quantitative estimate of drug-likeness (QED) is 0.751. The molecule has 7 heteroatoms. The summed E-state index contributed by atoms with van der Waals surface area (Å²) in [6, 6.07) is 9.09. The fourth-order valence-corrected chi connectivity index (χ4v) is 3.23. The third-order valence-electron chi connectivity index (χ3n) is 5.38. The Hall–Kier alpha value is -2.41. The molecule has 3 N–H and O–H groups in total. The zero-order valence-corrected chi connectivity index (χ0v) is 17.3. The molecular formula is C21H32N4O3. The predicted octanol–water partition coefficient (Wildman–Crippen LogP) is 0.735. The number of nitrogens with two attached hydrogens (primary N) is 1. The van der Waals surface area contributed by atoms with Gasteiger partial charge in [0.25, 0.3) is 0 Å². The van der Waals surface area contributed by atoms with Crippen LogP contribution in [-0.4, -0.2) is 66.3 Å². The number of nitrogens with zero attached hydrogens (tertiary/aromatic N) is 2. The van der Waals surface area contributed by atoms with Crippen LogP contribution in [0.25, 0.3) is 0 Å². The maximum absolute atomic E-state index is 13.0. The van der Waals surface area contributed by atoms with E-state index in [1.54, 1.807) is 4.90 Å². The van der Waals surface area contributed by atoms with E-state index in [0.717, 1.165) is 5.56 Å². The number of carbonyl (C=O) groups is 3. The Balaban J connectivity index is 1.86. The van der Waals surface area contributed by atoms with Gasteiger partial charge in [-0.2, -0.15) is 0 Å². The molecule has 1 fully saturated rings. The second-order valence-corrected chi connectivity index (χ2v) is 8.15. The Morgan fingerprint density at radius 3 is 2.11 bits per heavy atom. The molecule has 0 aromatic heterocycles. The van der Waals surface area contributed by atoms with Crippen LogP contribution in [0.5, 0.6) is 0 Å². The standard InChI is InChI=1S/C21H32N4O3/c1-15(2)18(22)19(27)23-14-17(26)24-10-12-25(13-11-24)20(28)21(3,4)16-8-6-5-7-9-16/h5-9,15,18H,10-14,22H2,1-4H3,(H,23,27)/t18-/m0/s1. The Labute approximate surface area is 167 Å². The summed E-state index contributed by atoms with van der Waals surface area (Å²) in [6.45, 7) is 9.40. The van der Waals surface area contributed by atoms with Crippen molar-refractivity contribution in [1.29, 1.82) is 0 Å². The molecule has 154 valence electrons. The molecule has 7 nitrogen and oxygen atoms in total. The van der Waals surface area contributed by atoms with Gasteiger partial charge in [0.15, 0.2) is 0 Å². The van der Waals surface area contributed by atoms with Crippen molar-refractivity contribution in [3.63, 3.8) is 0 Å². The molecule has 1 aromatic carbocycles. The largest absolute Gasteiger partial charge is 0.346 e. The van der Waals surface area contributed by atoms with Crippen LogP contribution in [0, 0.1) is 5.92 Å². The van der Waals surface area contributed by atoms with Crippen molar-refractivity contribution in [3.05, 3.63) is 35.9 Å². The summed E-state index contributed by atoms with van der Waals surface area (Å²) in [5.74, 6) is -0.403. The second-order valence-electron chi connectivity index (χ2n) is 8.15. The van der Waals surface area contributed by atoms with Crippen molar-refractivity contribution in [3.8, 4) is 0 Å². The van der Waals surface area contributed by atoms with E-state index < -0.39 is 11.5 Å². The average Bonchev–Trinajstić information content (AvgIpc) is 2.71. The maximum atomic E-state index is 13.0. The lowest BCUT2D eigenvalue weighted by Gasteiger charge is -2.38. The third kappa shape index (κ3) is 5.10. The lowest BCUT2D eigenvalue weighted by molar-refractivity contribution is -0.142. The van der Waals surface area contributed by atoms with E-state index in [1.165, 1.54) is 0 Å². The van der Waals surface area contributed by atoms with Crippen LogP contribution < -0.4 is 11.1 Å². The predicted molar refractivity (Wildman–Crippen MR) is 108 cm³/mol. The van der Waals surface area contributed by atoms with Gasteiger partial charge in [0.1, 0.15) is 0 Å². The van der Waals surface area contributed by atoms with Crippen LogP contribution in [0.3, 0.4) is 0 Å². The van der Waals surface area contributed by atoms with Gasteiger partial charge in [-0.3, -0.25) is 14.4 Å². The summed E-state index contributed by atoms with van der Waals surface area (Å²) < 4.78 is 0. The number of piperazine rings is 1. The topological polar surface area (TPSA) is 95.7 Å². The van der Waals surface area contributed by atoms with E-state index >= 15 is 0 Å². The number of carbonyl (C=O) groups excluding carboxylic acids is 3. The number of benzene rings is 1. The summed E-state index contributed by atoms with van der Waals surface area (Å²) in [6.07, 6.45) is 0. The Kier molecular flexibility index (Phi) is 7.18. The molecule has 1 aliphatic rings. The molecule has 1 saturated heterocycles. The van der Waals surface area contributed by atoms with Crippen LogP contribution in [0.1, 0.15) is 33.3 Å². The van der Waals surface area contributed by atoms with Gasteiger partial charge in [-0.05, 0) is 25.3 Å². The molecule has 0 saturated carbocycles. The molecule has 3 amide bonds. The zero-order valence-electron chi connectivity index (χ0n) is 17.3. The summed E-state index contributed by atoms with van der Waals surface area (Å²) in [5, 5.41) is 2.60. The first-order valence-electron chi connectivity index (χ1n) is 9.80. The van der Waals surface area contributed by atoms with Gasteiger partial charge in [-0.25, -0.2) is 0 Å². The third-order valence-corrected chi connectivity index (χ3v) is 5.38. The van der Waals surface area contributed by atoms with Gasteiger partial charge in [0.05, 0.1) is 18.0 Å². The first kappa shape index (κ1) is 21.9. The minimum absolute atomic E-state index is 0.0117. The highest BCUT2D eigenvalue weighted by Gasteiger charge is 2.35. The van der Waals surface area contributed by atoms with Crippen molar-refractivity contribution in [2.24, 2.45) is 11.7 Å². The molecular weight excluding hydrogens is 356 g/mol. The molecule has 28 heavy (non-hydrogen) atoms. The van der Waals surface area contributed by atoms with Gasteiger partial charge >= 0.3 is 0 Å². The lowest BCUT2D eigenvalue weighted by Crippen LogP contribution is -2.56. The first-order chi connectivity index (χ1) is 13.1. The summed E-state index contributed by atoms with van der Waals surface area (Å²) in [4.78, 5) is 40.7. The highest BCUT2D eigenvalue weighted by molar-refractivity contribution is 5.89. The average molecular weight is 389 g/mol. The van der Waals surface area contributed by atoms with E-state index in [9.17, 15) is 14.4 Å². The zero-order chi connectivity index (χ0) is 20.9. The normalized spacial score (nSPS) is 16.1. The van der Waals surface area contributed by atoms with Gasteiger partial charge in [-0.15, -0.1) is 0 Å². The number of rotatable bonds is 6. The van der Waals surface area contributed by atoms with Gasteiger partial charge in [-0.1, -0.05) is 44.2 Å². The molecule has 1 heterocycles. The summed E-state index contributed by atoms with van der Waals surface area (Å²) in [5.41, 5.74) is 6.14. The number of amides is 3. The van der Waals surface area contributed by atoms with Crippen molar-refractivity contribution < 1.29 is 14.4 Å². The summed E-state index contributed by atoms with van der Waals surface area (Å²) in [7, 11) is 0. The molecule has 0 bridgehead atoms. The number of hydrogen-bond donors (Lipinski definition) is 2. The van der Waals surface area contributed by atoms with Crippen LogP contribution in [0.2, 0.25) is 0 Å². The number of hydrogen-bond acceptors (Lipinski definition) is 4. The van der Waals surface area contributed by atoms with E-state index in [-0.39, 0.29) is 30.2 Å². The van der Waals surface area contributed by atoms with E-state index in [1.807, 2.05) is 62.9 Å². The summed E-state index contributed by atoms with van der Waals surface area (Å²) >= 11 is 0. The van der Waals surface area contributed by atoms with Gasteiger partial charge in [0.2, 0.25) is 17.7 Å². The lowest BCUT2D eigenvalue weighted by atomic mass is 9.83. The second kappa shape index (κ2) is 9.19. The highest BCUT2D eigenvalue weighted by Crippen LogP contribution is 2.26. The minimum atomic E-state index is -0.623. The van der Waals surface area contributed by atoms with Gasteiger partial charge < -0.3 is 20.9 Å². The van der Waals surface area contributed by atoms with Crippen LogP contribution in [-0.2, 0) is 19.8 Å². The molecule has 1 aromatic rings. The molecule has 0 radical (unpaired) electrons. The SMILES string of the molecule is CC(C)[C@H](N)C(=O)NCC(=O)N1CCN(C(=O)C(C)(C)c2ccccc2)CC1. The Morgan fingerprint density at radius 1 is 1.04 bits per heavy atom. The fourth-order valence-electron chi connectivity index (χ4n) is 3.23. The molecule has 0 spiro atoms. The monoisotopic (exact) mass is 388 g/mol. The number of nitrogens with one attached hydrogen (secondary N) is 1. The Morgan fingerprint density at radius 2 is 1.57 bits per heavy atom. The fraction of sp³-hybridized carbons (Fsp3) is 0.571. The highest BCUT2D eigenvalue weighted by atomic mass is 16.2. The molecule has 1 aliphatic heterocycles. The van der Waals surface area contributed by atoms with Crippen LogP contribution >= 0.6 is 0 Å². The van der Waals surface area contributed by atoms with Gasteiger partial charge in [0, 0.05) is 26.2 Å². The smallest absolute Gasteiger partial charge is 0.242 e. The molecule has 0 aliphatic carbocycles. The first-order valence-corrected chi connectivity index (χ1v) is 9.80. The molecule has 1 atom stereocenters.